The molecule has 3 rings (SSSR count). The van der Waals surface area contributed by atoms with Crippen LogP contribution in [-0.4, -0.2) is 30.5 Å². The van der Waals surface area contributed by atoms with Gasteiger partial charge in [0.1, 0.15) is 5.75 Å². The second kappa shape index (κ2) is 9.45. The van der Waals surface area contributed by atoms with E-state index in [0.717, 1.165) is 49.4 Å². The van der Waals surface area contributed by atoms with Gasteiger partial charge in [0.25, 0.3) is 0 Å². The van der Waals surface area contributed by atoms with E-state index in [2.05, 4.69) is 24.3 Å². The third-order valence-corrected chi connectivity index (χ3v) is 5.38. The van der Waals surface area contributed by atoms with Crippen LogP contribution in [0.25, 0.3) is 0 Å². The van der Waals surface area contributed by atoms with Gasteiger partial charge in [-0.05, 0) is 73.9 Å². The van der Waals surface area contributed by atoms with E-state index in [-0.39, 0.29) is 5.91 Å². The van der Waals surface area contributed by atoms with Gasteiger partial charge < -0.3 is 15.4 Å². The van der Waals surface area contributed by atoms with Crippen molar-refractivity contribution in [3.8, 4) is 5.75 Å². The lowest BCUT2D eigenvalue weighted by Gasteiger charge is -2.32. The third kappa shape index (κ3) is 5.75. The van der Waals surface area contributed by atoms with Crippen LogP contribution in [0.4, 0.5) is 5.69 Å². The van der Waals surface area contributed by atoms with Crippen molar-refractivity contribution < 1.29 is 9.53 Å². The molecule has 144 valence electrons. The van der Waals surface area contributed by atoms with E-state index in [1.54, 1.807) is 0 Å². The van der Waals surface area contributed by atoms with Gasteiger partial charge in [-0.1, -0.05) is 24.3 Å². The molecule has 1 amide bonds. The molecule has 4 heteroatoms. The smallest absolute Gasteiger partial charge is 0.226 e. The van der Waals surface area contributed by atoms with Gasteiger partial charge in [-0.25, -0.2) is 0 Å². The Balaban J connectivity index is 1.40. The fourth-order valence-electron chi connectivity index (χ4n) is 3.68. The molecule has 2 N–H and O–H groups in total. The van der Waals surface area contributed by atoms with Crippen molar-refractivity contribution >= 4 is 11.6 Å². The number of rotatable bonds is 7. The quantitative estimate of drug-likeness (QED) is 0.751. The molecule has 0 atom stereocenters. The summed E-state index contributed by atoms with van der Waals surface area (Å²) in [6, 6.07) is 16.0. The van der Waals surface area contributed by atoms with E-state index in [0.29, 0.717) is 18.9 Å². The van der Waals surface area contributed by atoms with E-state index in [4.69, 9.17) is 10.5 Å². The maximum absolute atomic E-state index is 12.5. The highest BCUT2D eigenvalue weighted by Crippen LogP contribution is 2.24. The van der Waals surface area contributed by atoms with Gasteiger partial charge in [-0.15, -0.1) is 0 Å². The Labute approximate surface area is 162 Å². The minimum Gasteiger partial charge on any atom is -0.494 e. The summed E-state index contributed by atoms with van der Waals surface area (Å²) < 4.78 is 5.49. The van der Waals surface area contributed by atoms with Crippen LogP contribution in [0.1, 0.15) is 37.3 Å². The maximum Gasteiger partial charge on any atom is 0.226 e. The number of amides is 1. The number of hydrogen-bond acceptors (Lipinski definition) is 3. The van der Waals surface area contributed by atoms with Gasteiger partial charge in [0.15, 0.2) is 0 Å². The van der Waals surface area contributed by atoms with Gasteiger partial charge in [0.05, 0.1) is 13.0 Å². The first-order valence-electron chi connectivity index (χ1n) is 9.98. The van der Waals surface area contributed by atoms with Crippen LogP contribution in [-0.2, 0) is 17.6 Å². The number of nitrogens with zero attached hydrogens (tertiary/aromatic N) is 1. The molecule has 0 aliphatic carbocycles. The van der Waals surface area contributed by atoms with E-state index in [1.165, 1.54) is 12.0 Å². The molecule has 0 saturated carbocycles. The van der Waals surface area contributed by atoms with Crippen LogP contribution in [0.3, 0.4) is 0 Å². The Hall–Kier alpha value is -2.49. The number of hydrogen-bond donors (Lipinski definition) is 1. The molecule has 0 spiro atoms. The van der Waals surface area contributed by atoms with E-state index < -0.39 is 0 Å². The maximum atomic E-state index is 12.5. The minimum atomic E-state index is 0.227. The summed E-state index contributed by atoms with van der Waals surface area (Å²) >= 11 is 0. The average molecular weight is 367 g/mol. The molecular weight excluding hydrogens is 336 g/mol. The van der Waals surface area contributed by atoms with Crippen molar-refractivity contribution in [1.29, 1.82) is 0 Å². The summed E-state index contributed by atoms with van der Waals surface area (Å²) in [5.41, 5.74) is 8.84. The van der Waals surface area contributed by atoms with Crippen molar-refractivity contribution in [2.24, 2.45) is 5.92 Å². The molecule has 27 heavy (non-hydrogen) atoms. The zero-order valence-electron chi connectivity index (χ0n) is 16.2. The molecule has 0 aromatic heterocycles. The number of nitrogens with two attached hydrogens (primary N) is 1. The molecule has 0 bridgehead atoms. The van der Waals surface area contributed by atoms with Crippen LogP contribution in [0.2, 0.25) is 0 Å². The zero-order chi connectivity index (χ0) is 19.1. The molecule has 1 aliphatic rings. The van der Waals surface area contributed by atoms with Crippen LogP contribution in [0, 0.1) is 5.92 Å². The summed E-state index contributed by atoms with van der Waals surface area (Å²) in [6.07, 6.45) is 4.95. The second-order valence-electron chi connectivity index (χ2n) is 7.36. The molecule has 2 aromatic carbocycles. The molecule has 1 aliphatic heterocycles. The molecule has 0 radical (unpaired) electrons. The zero-order valence-corrected chi connectivity index (χ0v) is 16.2. The number of carbonyl (C=O) groups is 1. The Bertz CT molecular complexity index is 717. The highest BCUT2D eigenvalue weighted by Gasteiger charge is 2.22. The minimum absolute atomic E-state index is 0.227. The third-order valence-electron chi connectivity index (χ3n) is 5.38. The number of piperidine rings is 1. The van der Waals surface area contributed by atoms with Crippen molar-refractivity contribution in [3.63, 3.8) is 0 Å². The number of nitrogen functional groups attached to an aromatic ring is 1. The lowest BCUT2D eigenvalue weighted by atomic mass is 9.90. The predicted molar refractivity (Wildman–Crippen MR) is 110 cm³/mol. The molecule has 1 saturated heterocycles. The standard InChI is InChI=1S/C23H30N2O2/c1-2-27-22-11-7-18(8-12-22)3-4-19-13-15-25(16-14-19)23(26)17-20-5-9-21(24)10-6-20/h5-12,19H,2-4,13-17,24H2,1H3. The predicted octanol–water partition coefficient (Wildman–Crippen LogP) is 4.08. The molecule has 2 aromatic rings. The Morgan fingerprint density at radius 2 is 1.67 bits per heavy atom. The van der Waals surface area contributed by atoms with Crippen LogP contribution in [0.15, 0.2) is 48.5 Å². The largest absolute Gasteiger partial charge is 0.494 e. The SMILES string of the molecule is CCOc1ccc(CCC2CCN(C(=O)Cc3ccc(N)cc3)CC2)cc1. The van der Waals surface area contributed by atoms with Crippen molar-refractivity contribution in [1.82, 2.24) is 4.90 Å². The highest BCUT2D eigenvalue weighted by molar-refractivity contribution is 5.79. The van der Waals surface area contributed by atoms with Crippen molar-refractivity contribution in [2.75, 3.05) is 25.4 Å². The number of benzene rings is 2. The van der Waals surface area contributed by atoms with Gasteiger partial charge in [-0.2, -0.15) is 0 Å². The molecule has 0 unspecified atom stereocenters. The van der Waals surface area contributed by atoms with Gasteiger partial charge >= 0.3 is 0 Å². The lowest BCUT2D eigenvalue weighted by Crippen LogP contribution is -2.39. The van der Waals surface area contributed by atoms with E-state index in [9.17, 15) is 4.79 Å². The fraction of sp³-hybridized carbons (Fsp3) is 0.435. The average Bonchev–Trinajstić information content (AvgIpc) is 2.70. The molecule has 1 fully saturated rings. The van der Waals surface area contributed by atoms with Gasteiger partial charge in [0, 0.05) is 18.8 Å². The number of carbonyl (C=O) groups excluding carboxylic acids is 1. The number of ether oxygens (including phenoxy) is 1. The fourth-order valence-corrected chi connectivity index (χ4v) is 3.68. The topological polar surface area (TPSA) is 55.6 Å². The molecule has 1 heterocycles. The first kappa shape index (κ1) is 19.3. The monoisotopic (exact) mass is 366 g/mol. The van der Waals surface area contributed by atoms with Crippen LogP contribution in [0.5, 0.6) is 5.75 Å². The van der Waals surface area contributed by atoms with Gasteiger partial charge in [0.2, 0.25) is 5.91 Å². The number of anilines is 1. The van der Waals surface area contributed by atoms with E-state index >= 15 is 0 Å². The molecule has 4 nitrogen and oxygen atoms in total. The van der Waals surface area contributed by atoms with Crippen LogP contribution < -0.4 is 10.5 Å². The number of likely N-dealkylation sites (tertiary alicyclic amines) is 1. The number of aryl methyl sites for hydroxylation is 1. The summed E-state index contributed by atoms with van der Waals surface area (Å²) in [5, 5.41) is 0. The second-order valence-corrected chi connectivity index (χ2v) is 7.36. The summed E-state index contributed by atoms with van der Waals surface area (Å²) in [4.78, 5) is 14.5. The first-order valence-corrected chi connectivity index (χ1v) is 9.98. The van der Waals surface area contributed by atoms with E-state index in [1.807, 2.05) is 36.1 Å². The normalized spacial score (nSPS) is 14.9. The molecular formula is C23H30N2O2. The summed E-state index contributed by atoms with van der Waals surface area (Å²) in [6.45, 7) is 4.46. The summed E-state index contributed by atoms with van der Waals surface area (Å²) in [5.74, 6) is 1.87. The van der Waals surface area contributed by atoms with Crippen molar-refractivity contribution in [2.45, 2.75) is 39.0 Å². The summed E-state index contributed by atoms with van der Waals surface area (Å²) in [7, 11) is 0. The Kier molecular flexibility index (Phi) is 6.74. The Morgan fingerprint density at radius 3 is 2.30 bits per heavy atom. The van der Waals surface area contributed by atoms with Crippen molar-refractivity contribution in [3.05, 3.63) is 59.7 Å². The Morgan fingerprint density at radius 1 is 1.04 bits per heavy atom. The van der Waals surface area contributed by atoms with Gasteiger partial charge in [-0.3, -0.25) is 4.79 Å². The highest BCUT2D eigenvalue weighted by atomic mass is 16.5. The lowest BCUT2D eigenvalue weighted by molar-refractivity contribution is -0.131. The first-order chi connectivity index (χ1) is 13.1. The van der Waals surface area contributed by atoms with Crippen LogP contribution >= 0.6 is 0 Å².